The first-order valence-corrected chi connectivity index (χ1v) is 20.8. The molecule has 7 heteroatoms. The fourth-order valence-corrected chi connectivity index (χ4v) is 17.0. The van der Waals surface area contributed by atoms with Crippen LogP contribution in [0, 0.1) is 41.6 Å². The second kappa shape index (κ2) is 14.8. The Labute approximate surface area is 288 Å². The molecule has 1 radical (unpaired) electrons. The number of hydrogen-bond donors (Lipinski definition) is 0. The van der Waals surface area contributed by atoms with Crippen LogP contribution in [0.1, 0.15) is 96.8 Å². The average molecular weight is 741 g/mol. The van der Waals surface area contributed by atoms with Crippen LogP contribution >= 0.6 is 7.92 Å². The van der Waals surface area contributed by atoms with Crippen molar-refractivity contribution in [3.05, 3.63) is 59.9 Å². The van der Waals surface area contributed by atoms with Crippen molar-refractivity contribution in [2.75, 3.05) is 19.5 Å². The maximum atomic E-state index is 9.08. The van der Waals surface area contributed by atoms with Gasteiger partial charge in [0, 0.05) is 6.26 Å². The van der Waals surface area contributed by atoms with Crippen molar-refractivity contribution in [2.24, 2.45) is 35.5 Å². The molecule has 45 heavy (non-hydrogen) atoms. The zero-order chi connectivity index (χ0) is 31.0. The van der Waals surface area contributed by atoms with Gasteiger partial charge < -0.3 is 9.87 Å². The quantitative estimate of drug-likeness (QED) is 0.161. The Morgan fingerprint density at radius 3 is 1.60 bits per heavy atom. The topological polar surface area (TPSA) is 71.3 Å². The summed E-state index contributed by atoms with van der Waals surface area (Å²) in [5.41, 5.74) is 3.24. The standard InChI is InChI=1S/C24H39P.C13H11N.CH4O3S.Pd/c1-2-3-4-25(23-11-17-5-18(12-23)7-19(6-17)13-23)24-14-20-8-21(15-24)10-22(9-20)16-24;1-14-13-10-6-5-9-12(13)11-7-3-2-4-8-11;1-5(2,3)4;/h17-22H,2-16H2,1H3;2-7,9-10H,1H3;1H3,(H,2,3,4);/q;-1;;+2/p-1. The molecule has 249 valence electrons. The molecule has 8 fully saturated rings. The van der Waals surface area contributed by atoms with Gasteiger partial charge in [0.2, 0.25) is 0 Å². The molecular weight excluding hydrogens is 688 g/mol. The van der Waals surface area contributed by atoms with Crippen molar-refractivity contribution < 1.29 is 33.4 Å². The van der Waals surface area contributed by atoms with Gasteiger partial charge in [-0.2, -0.15) is 0 Å². The van der Waals surface area contributed by atoms with Crippen molar-refractivity contribution in [1.82, 2.24) is 0 Å². The minimum Gasteiger partial charge on any atom is -0.748 e. The van der Waals surface area contributed by atoms with E-state index in [0.29, 0.717) is 6.26 Å². The molecule has 4 nitrogen and oxygen atoms in total. The van der Waals surface area contributed by atoms with Crippen LogP contribution in [0.25, 0.3) is 16.4 Å². The van der Waals surface area contributed by atoms with E-state index in [1.54, 1.807) is 89.6 Å². The van der Waals surface area contributed by atoms with Gasteiger partial charge in [0.15, 0.2) is 0 Å². The van der Waals surface area contributed by atoms with E-state index in [2.05, 4.69) is 24.4 Å². The number of unbranched alkanes of at least 4 members (excludes halogenated alkanes) is 1. The number of para-hydroxylation sites is 1. The fourth-order valence-electron chi connectivity index (χ4n) is 11.5. The molecule has 8 aliphatic rings. The Balaban J connectivity index is 0.000000170. The van der Waals surface area contributed by atoms with Crippen LogP contribution in [0.3, 0.4) is 0 Å². The van der Waals surface area contributed by atoms with Gasteiger partial charge in [0.05, 0.1) is 10.1 Å². The summed E-state index contributed by atoms with van der Waals surface area (Å²) in [5, 5.41) is 5.99. The Hall–Kier alpha value is -0.758. The molecule has 0 atom stereocenters. The summed E-state index contributed by atoms with van der Waals surface area (Å²) < 4.78 is 27.2. The molecule has 0 heterocycles. The van der Waals surface area contributed by atoms with Gasteiger partial charge >= 0.3 is 20.4 Å². The molecule has 0 N–H and O–H groups in total. The van der Waals surface area contributed by atoms with E-state index in [0.717, 1.165) is 62.6 Å². The predicted octanol–water partition coefficient (Wildman–Crippen LogP) is 10.2. The van der Waals surface area contributed by atoms with E-state index >= 15 is 0 Å². The van der Waals surface area contributed by atoms with Gasteiger partial charge in [0.25, 0.3) is 0 Å². The van der Waals surface area contributed by atoms with E-state index in [1.165, 1.54) is 6.42 Å². The van der Waals surface area contributed by atoms with E-state index in [1.807, 2.05) is 49.5 Å². The summed E-state index contributed by atoms with van der Waals surface area (Å²) in [6.07, 6.45) is 25.2. The summed E-state index contributed by atoms with van der Waals surface area (Å²) in [5.74, 6) is 6.95. The van der Waals surface area contributed by atoms with Crippen molar-refractivity contribution in [3.8, 4) is 11.1 Å². The van der Waals surface area contributed by atoms with Crippen LogP contribution in [0.4, 0.5) is 5.69 Å². The van der Waals surface area contributed by atoms with E-state index in [-0.39, 0.29) is 28.3 Å². The zero-order valence-electron chi connectivity index (χ0n) is 27.5. The first kappa shape index (κ1) is 35.5. The van der Waals surface area contributed by atoms with Crippen molar-refractivity contribution in [3.63, 3.8) is 0 Å². The smallest absolute Gasteiger partial charge is 0.748 e. The Morgan fingerprint density at radius 2 is 1.22 bits per heavy atom. The minimum absolute atomic E-state index is 0. The van der Waals surface area contributed by atoms with Crippen LogP contribution in [-0.2, 0) is 30.5 Å². The van der Waals surface area contributed by atoms with Crippen molar-refractivity contribution in [1.29, 1.82) is 0 Å². The van der Waals surface area contributed by atoms with Gasteiger partial charge in [-0.3, -0.25) is 0 Å². The molecule has 0 aromatic heterocycles. The molecule has 0 spiro atoms. The van der Waals surface area contributed by atoms with E-state index in [4.69, 9.17) is 13.0 Å². The predicted molar refractivity (Wildman–Crippen MR) is 184 cm³/mol. The number of rotatable bonds is 7. The molecular formula is C38H53NO3PPdS. The average Bonchev–Trinajstić information content (AvgIpc) is 2.96. The van der Waals surface area contributed by atoms with Crippen LogP contribution in [0.15, 0.2) is 48.5 Å². The van der Waals surface area contributed by atoms with Crippen LogP contribution in [-0.4, -0.2) is 42.7 Å². The van der Waals surface area contributed by atoms with E-state index in [9.17, 15) is 0 Å². The van der Waals surface area contributed by atoms with Gasteiger partial charge in [-0.1, -0.05) is 69.8 Å². The summed E-state index contributed by atoms with van der Waals surface area (Å²) in [6.45, 7) is 2.45. The molecule has 0 saturated heterocycles. The Bertz CT molecular complexity index is 1240. The largest absolute Gasteiger partial charge is 2.00 e. The molecule has 10 rings (SSSR count). The normalized spacial score (nSPS) is 35.7. The molecule has 2 aromatic carbocycles. The summed E-state index contributed by atoms with van der Waals surface area (Å²) >= 11 is 0. The number of benzene rings is 2. The first-order valence-electron chi connectivity index (χ1n) is 17.4. The SMILES string of the molecule is CCCCP(C12CC3CC(CC(C3)C1)C2)C12CC3CC(CC(C3)C1)C2.CS(=O)(=O)[O-].C[N-]c1ccccc1-c1[c]cccc1.[Pd+2]. The molecule has 8 bridgehead atoms. The third kappa shape index (κ3) is 8.28. The van der Waals surface area contributed by atoms with Gasteiger partial charge in [0.1, 0.15) is 0 Å². The maximum Gasteiger partial charge on any atom is 2.00 e. The maximum absolute atomic E-state index is 9.08. The molecule has 0 unspecified atom stereocenters. The summed E-state index contributed by atoms with van der Waals surface area (Å²) in [4.78, 5) is 0. The third-order valence-corrected chi connectivity index (χ3v) is 16.2. The van der Waals surface area contributed by atoms with Gasteiger partial charge in [-0.25, -0.2) is 8.42 Å². The zero-order valence-corrected chi connectivity index (χ0v) is 30.8. The van der Waals surface area contributed by atoms with Crippen LogP contribution < -0.4 is 0 Å². The van der Waals surface area contributed by atoms with Crippen LogP contribution in [0.5, 0.6) is 0 Å². The summed E-state index contributed by atoms with van der Waals surface area (Å²) in [7, 11) is -1.82. The molecule has 2 aromatic rings. The summed E-state index contributed by atoms with van der Waals surface area (Å²) in [6, 6.07) is 19.2. The monoisotopic (exact) mass is 740 g/mol. The van der Waals surface area contributed by atoms with Crippen LogP contribution in [0.2, 0.25) is 0 Å². The van der Waals surface area contributed by atoms with Gasteiger partial charge in [-0.15, -0.1) is 12.7 Å². The van der Waals surface area contributed by atoms with Crippen molar-refractivity contribution >= 4 is 23.7 Å². The van der Waals surface area contributed by atoms with Gasteiger partial charge in [-0.05, 0) is 153 Å². The second-order valence-corrected chi connectivity index (χ2v) is 20.1. The molecule has 0 amide bonds. The van der Waals surface area contributed by atoms with Crippen molar-refractivity contribution in [2.45, 2.75) is 107 Å². The molecule has 8 saturated carbocycles. The fraction of sp³-hybridized carbons (Fsp3) is 0.684. The molecule has 8 aliphatic carbocycles. The Morgan fingerprint density at radius 1 is 0.800 bits per heavy atom. The Kier molecular flexibility index (Phi) is 11.7. The number of nitrogens with zero attached hydrogens (tertiary/aromatic N) is 1. The molecule has 0 aliphatic heterocycles. The number of hydrogen-bond acceptors (Lipinski definition) is 3. The minimum atomic E-state index is -3.92. The first-order chi connectivity index (χ1) is 21.1. The van der Waals surface area contributed by atoms with E-state index < -0.39 is 10.1 Å². The third-order valence-electron chi connectivity index (χ3n) is 12.0. The second-order valence-electron chi connectivity index (χ2n) is 15.5.